The van der Waals surface area contributed by atoms with Gasteiger partial charge >= 0.3 is 0 Å². The molecule has 1 fully saturated rings. The van der Waals surface area contributed by atoms with Crippen molar-refractivity contribution in [2.45, 2.75) is 44.1 Å². The number of amides is 1. The fraction of sp³-hybridized carbons (Fsp3) is 0.435. The maximum atomic E-state index is 13.0. The molecule has 0 spiro atoms. The summed E-state index contributed by atoms with van der Waals surface area (Å²) in [4.78, 5) is 12.6. The summed E-state index contributed by atoms with van der Waals surface area (Å²) in [6.45, 7) is 9.18. The Kier molecular flexibility index (Phi) is 7.50. The van der Waals surface area contributed by atoms with Gasteiger partial charge in [0.05, 0.1) is 18.2 Å². The van der Waals surface area contributed by atoms with Crippen LogP contribution in [0.25, 0.3) is 0 Å². The molecular formula is C23H29ClN2O5S. The lowest BCUT2D eigenvalue weighted by Gasteiger charge is -2.26. The van der Waals surface area contributed by atoms with Gasteiger partial charge in [-0.3, -0.25) is 4.79 Å². The van der Waals surface area contributed by atoms with Gasteiger partial charge in [-0.15, -0.1) is 0 Å². The molecule has 2 aromatic rings. The van der Waals surface area contributed by atoms with Crippen molar-refractivity contribution in [1.29, 1.82) is 0 Å². The zero-order chi connectivity index (χ0) is 23.5. The molecule has 0 aromatic heterocycles. The lowest BCUT2D eigenvalue weighted by atomic mass is 9.87. The number of anilines is 1. The van der Waals surface area contributed by atoms with Gasteiger partial charge in [0, 0.05) is 18.8 Å². The summed E-state index contributed by atoms with van der Waals surface area (Å²) in [6.07, 6.45) is -0.787. The van der Waals surface area contributed by atoms with Crippen molar-refractivity contribution < 1.29 is 22.7 Å². The Morgan fingerprint density at radius 2 is 1.75 bits per heavy atom. The van der Waals surface area contributed by atoms with E-state index in [9.17, 15) is 13.2 Å². The molecule has 0 aliphatic carbocycles. The van der Waals surface area contributed by atoms with Gasteiger partial charge in [-0.05, 0) is 48.2 Å². The third kappa shape index (κ3) is 5.81. The molecule has 3 rings (SSSR count). The van der Waals surface area contributed by atoms with Crippen LogP contribution in [-0.4, -0.2) is 51.0 Å². The summed E-state index contributed by atoms with van der Waals surface area (Å²) in [5, 5.41) is 2.81. The highest BCUT2D eigenvalue weighted by Crippen LogP contribution is 2.29. The summed E-state index contributed by atoms with van der Waals surface area (Å²) < 4.78 is 38.2. The smallest absolute Gasteiger partial charge is 0.265 e. The minimum absolute atomic E-state index is 0.0232. The van der Waals surface area contributed by atoms with Crippen LogP contribution in [0.4, 0.5) is 5.69 Å². The molecule has 174 valence electrons. The Labute approximate surface area is 194 Å². The van der Waals surface area contributed by atoms with Crippen molar-refractivity contribution in [2.75, 3.05) is 31.6 Å². The molecule has 7 nitrogen and oxygen atoms in total. The van der Waals surface area contributed by atoms with Crippen molar-refractivity contribution in [2.24, 2.45) is 0 Å². The largest absolute Gasteiger partial charge is 0.481 e. The summed E-state index contributed by atoms with van der Waals surface area (Å²) in [5.41, 5.74) is 1.51. The van der Waals surface area contributed by atoms with E-state index in [1.807, 2.05) is 24.3 Å². The number of morpholine rings is 1. The van der Waals surface area contributed by atoms with Crippen LogP contribution in [0.2, 0.25) is 5.02 Å². The number of carbonyl (C=O) groups excluding carboxylic acids is 1. The molecule has 9 heteroatoms. The average molecular weight is 481 g/mol. The molecule has 1 amide bonds. The summed E-state index contributed by atoms with van der Waals surface area (Å²) >= 11 is 6.18. The van der Waals surface area contributed by atoms with Gasteiger partial charge in [-0.25, -0.2) is 8.42 Å². The van der Waals surface area contributed by atoms with Gasteiger partial charge in [-0.2, -0.15) is 4.31 Å². The Balaban J connectivity index is 1.70. The third-order valence-electron chi connectivity index (χ3n) is 5.19. The summed E-state index contributed by atoms with van der Waals surface area (Å²) in [7, 11) is -3.80. The van der Waals surface area contributed by atoms with Gasteiger partial charge in [-0.1, -0.05) is 44.5 Å². The van der Waals surface area contributed by atoms with E-state index in [-0.39, 0.29) is 28.4 Å². The Morgan fingerprint density at radius 3 is 2.34 bits per heavy atom. The van der Waals surface area contributed by atoms with Crippen LogP contribution in [0.5, 0.6) is 5.75 Å². The van der Waals surface area contributed by atoms with Crippen LogP contribution in [0, 0.1) is 0 Å². The van der Waals surface area contributed by atoms with E-state index < -0.39 is 22.0 Å². The average Bonchev–Trinajstić information content (AvgIpc) is 2.75. The second-order valence-electron chi connectivity index (χ2n) is 8.69. The Bertz CT molecular complexity index is 1060. The van der Waals surface area contributed by atoms with Crippen molar-refractivity contribution >= 4 is 33.2 Å². The number of carbonyl (C=O) groups is 1. The van der Waals surface area contributed by atoms with Crippen LogP contribution in [-0.2, 0) is 25.0 Å². The van der Waals surface area contributed by atoms with Gasteiger partial charge in [0.25, 0.3) is 5.91 Å². The molecule has 0 saturated carbocycles. The minimum Gasteiger partial charge on any atom is -0.481 e. The second-order valence-corrected chi connectivity index (χ2v) is 11.0. The number of rotatable bonds is 6. The van der Waals surface area contributed by atoms with Gasteiger partial charge in [0.2, 0.25) is 10.0 Å². The van der Waals surface area contributed by atoms with Crippen molar-refractivity contribution in [3.63, 3.8) is 0 Å². The first kappa shape index (κ1) is 24.5. The van der Waals surface area contributed by atoms with Crippen LogP contribution >= 0.6 is 11.6 Å². The first-order valence-corrected chi connectivity index (χ1v) is 12.3. The Morgan fingerprint density at radius 1 is 1.12 bits per heavy atom. The van der Waals surface area contributed by atoms with E-state index in [2.05, 4.69) is 26.1 Å². The highest BCUT2D eigenvalue weighted by molar-refractivity contribution is 7.89. The third-order valence-corrected chi connectivity index (χ3v) is 7.57. The van der Waals surface area contributed by atoms with E-state index in [4.69, 9.17) is 21.1 Å². The van der Waals surface area contributed by atoms with E-state index in [0.717, 1.165) is 5.56 Å². The predicted molar refractivity (Wildman–Crippen MR) is 125 cm³/mol. The predicted octanol–water partition coefficient (Wildman–Crippen LogP) is 4.06. The van der Waals surface area contributed by atoms with E-state index in [1.165, 1.54) is 16.4 Å². The second kappa shape index (κ2) is 9.79. The quantitative estimate of drug-likeness (QED) is 0.673. The molecule has 32 heavy (non-hydrogen) atoms. The number of benzene rings is 2. The van der Waals surface area contributed by atoms with Crippen molar-refractivity contribution in [3.8, 4) is 5.75 Å². The fourth-order valence-corrected chi connectivity index (χ4v) is 5.15. The number of ether oxygens (including phenoxy) is 2. The zero-order valence-electron chi connectivity index (χ0n) is 18.7. The van der Waals surface area contributed by atoms with Crippen LogP contribution < -0.4 is 10.1 Å². The van der Waals surface area contributed by atoms with Gasteiger partial charge < -0.3 is 14.8 Å². The molecule has 1 aliphatic heterocycles. The summed E-state index contributed by atoms with van der Waals surface area (Å²) in [6, 6.07) is 12.0. The molecular weight excluding hydrogens is 452 g/mol. The monoisotopic (exact) mass is 480 g/mol. The number of nitrogens with zero attached hydrogens (tertiary/aromatic N) is 1. The molecule has 1 aliphatic rings. The molecule has 1 heterocycles. The number of sulfonamides is 1. The van der Waals surface area contributed by atoms with Crippen LogP contribution in [0.3, 0.4) is 0 Å². The van der Waals surface area contributed by atoms with Gasteiger partial charge in [0.15, 0.2) is 6.10 Å². The van der Waals surface area contributed by atoms with Crippen molar-refractivity contribution in [3.05, 3.63) is 53.1 Å². The highest BCUT2D eigenvalue weighted by atomic mass is 35.5. The van der Waals surface area contributed by atoms with Crippen molar-refractivity contribution in [1.82, 2.24) is 4.31 Å². The normalized spacial score (nSPS) is 16.4. The number of nitrogens with one attached hydrogen (secondary N) is 1. The van der Waals surface area contributed by atoms with Gasteiger partial charge in [0.1, 0.15) is 10.6 Å². The van der Waals surface area contributed by atoms with E-state index in [1.54, 1.807) is 13.0 Å². The maximum absolute atomic E-state index is 13.0. The first-order chi connectivity index (χ1) is 15.0. The molecule has 1 unspecified atom stereocenters. The lowest BCUT2D eigenvalue weighted by molar-refractivity contribution is -0.122. The maximum Gasteiger partial charge on any atom is 0.265 e. The molecule has 1 N–H and O–H groups in total. The van der Waals surface area contributed by atoms with E-state index >= 15 is 0 Å². The summed E-state index contributed by atoms with van der Waals surface area (Å²) in [5.74, 6) is 0.175. The minimum atomic E-state index is -3.80. The highest BCUT2D eigenvalue weighted by Gasteiger charge is 2.29. The molecule has 2 aromatic carbocycles. The standard InChI is InChI=1S/C23H29ClN2O5S/c1-16(31-19-8-5-17(6-9-19)23(2,3)4)22(27)25-18-7-10-20(24)21(15-18)32(28,29)26-11-13-30-14-12-26/h5-10,15-16H,11-14H2,1-4H3,(H,25,27). The molecule has 1 atom stereocenters. The molecule has 0 bridgehead atoms. The topological polar surface area (TPSA) is 84.9 Å². The molecule has 0 radical (unpaired) electrons. The SMILES string of the molecule is CC(Oc1ccc(C(C)(C)C)cc1)C(=O)Nc1ccc(Cl)c(S(=O)(=O)N2CCOCC2)c1. The van der Waals surface area contributed by atoms with Crippen LogP contribution in [0.15, 0.2) is 47.4 Å². The number of hydrogen-bond acceptors (Lipinski definition) is 5. The number of hydrogen-bond donors (Lipinski definition) is 1. The zero-order valence-corrected chi connectivity index (χ0v) is 20.3. The first-order valence-electron chi connectivity index (χ1n) is 10.4. The molecule has 1 saturated heterocycles. The fourth-order valence-electron chi connectivity index (χ4n) is 3.24. The van der Waals surface area contributed by atoms with Crippen LogP contribution in [0.1, 0.15) is 33.3 Å². The lowest BCUT2D eigenvalue weighted by Crippen LogP contribution is -2.40. The number of halogens is 1. The van der Waals surface area contributed by atoms with E-state index in [0.29, 0.717) is 24.7 Å². The Hall–Kier alpha value is -2.13.